The Morgan fingerprint density at radius 1 is 1.36 bits per heavy atom. The summed E-state index contributed by atoms with van der Waals surface area (Å²) in [5.74, 6) is -0.193. The van der Waals surface area contributed by atoms with Crippen molar-refractivity contribution >= 4 is 5.97 Å². The molecule has 0 amide bonds. The monoisotopic (exact) mass is 190 g/mol. The van der Waals surface area contributed by atoms with Gasteiger partial charge in [0.2, 0.25) is 0 Å². The molecule has 2 rings (SSSR count). The Bertz CT molecular complexity index is 390. The Kier molecular flexibility index (Phi) is 2.06. The van der Waals surface area contributed by atoms with Crippen molar-refractivity contribution in [3.63, 3.8) is 0 Å². The quantitative estimate of drug-likeness (QED) is 0.778. The van der Waals surface area contributed by atoms with Crippen LogP contribution in [-0.4, -0.2) is 11.1 Å². The number of hydrogen-bond acceptors (Lipinski definition) is 1. The number of aryl methyl sites for hydroxylation is 1. The number of carboxylic acids is 1. The number of rotatable bonds is 2. The topological polar surface area (TPSA) is 37.3 Å². The van der Waals surface area contributed by atoms with Crippen LogP contribution in [0.25, 0.3) is 0 Å². The maximum absolute atomic E-state index is 11.0. The van der Waals surface area contributed by atoms with Gasteiger partial charge in [0.25, 0.3) is 0 Å². The van der Waals surface area contributed by atoms with E-state index >= 15 is 0 Å². The third-order valence-corrected chi connectivity index (χ3v) is 2.84. The van der Waals surface area contributed by atoms with Gasteiger partial charge in [-0.2, -0.15) is 0 Å². The Morgan fingerprint density at radius 3 is 2.50 bits per heavy atom. The minimum absolute atomic E-state index is 0.465. The van der Waals surface area contributed by atoms with E-state index in [1.165, 1.54) is 18.4 Å². The average molecular weight is 190 g/mol. The highest BCUT2D eigenvalue weighted by Crippen LogP contribution is 2.42. The fraction of sp³-hybridized carbons (Fsp3) is 0.417. The van der Waals surface area contributed by atoms with Gasteiger partial charge in [0.1, 0.15) is 0 Å². The zero-order chi connectivity index (χ0) is 10.3. The molecule has 1 aromatic carbocycles. The molecule has 0 aliphatic heterocycles. The van der Waals surface area contributed by atoms with Crippen LogP contribution in [0.15, 0.2) is 12.1 Å². The smallest absolute Gasteiger partial charge is 0.335 e. The van der Waals surface area contributed by atoms with Crippen LogP contribution in [0.3, 0.4) is 0 Å². The van der Waals surface area contributed by atoms with E-state index in [1.54, 1.807) is 6.07 Å². The van der Waals surface area contributed by atoms with Gasteiger partial charge in [-0.25, -0.2) is 4.79 Å². The van der Waals surface area contributed by atoms with E-state index in [0.29, 0.717) is 11.5 Å². The molecular formula is C12H14O2. The van der Waals surface area contributed by atoms with E-state index < -0.39 is 5.97 Å². The van der Waals surface area contributed by atoms with Gasteiger partial charge < -0.3 is 5.11 Å². The van der Waals surface area contributed by atoms with E-state index in [0.717, 1.165) is 11.1 Å². The van der Waals surface area contributed by atoms with Crippen LogP contribution in [0.1, 0.15) is 45.8 Å². The largest absolute Gasteiger partial charge is 0.478 e. The molecule has 0 heterocycles. The molecule has 0 unspecified atom stereocenters. The molecular weight excluding hydrogens is 176 g/mol. The van der Waals surface area contributed by atoms with E-state index in [2.05, 4.69) is 6.07 Å². The lowest BCUT2D eigenvalue weighted by atomic mass is 9.96. The maximum atomic E-state index is 11.0. The van der Waals surface area contributed by atoms with Gasteiger partial charge in [0.05, 0.1) is 5.56 Å². The Labute approximate surface area is 83.6 Å². The second-order valence-corrected chi connectivity index (χ2v) is 4.11. The minimum Gasteiger partial charge on any atom is -0.478 e. The van der Waals surface area contributed by atoms with Crippen LogP contribution in [0.5, 0.6) is 0 Å². The predicted molar refractivity (Wildman–Crippen MR) is 54.9 cm³/mol. The molecule has 74 valence electrons. The number of carbonyl (C=O) groups is 1. The van der Waals surface area contributed by atoms with Gasteiger partial charge in [-0.05, 0) is 55.4 Å². The van der Waals surface area contributed by atoms with E-state index in [9.17, 15) is 4.79 Å². The summed E-state index contributed by atoms with van der Waals surface area (Å²) in [7, 11) is 0. The molecule has 1 aliphatic rings. The summed E-state index contributed by atoms with van der Waals surface area (Å²) in [6.45, 7) is 3.87. The molecule has 0 saturated heterocycles. The van der Waals surface area contributed by atoms with Crippen molar-refractivity contribution in [3.8, 4) is 0 Å². The fourth-order valence-electron chi connectivity index (χ4n) is 1.93. The lowest BCUT2D eigenvalue weighted by Gasteiger charge is -2.09. The Hall–Kier alpha value is -1.31. The highest BCUT2D eigenvalue weighted by molar-refractivity contribution is 5.90. The summed E-state index contributed by atoms with van der Waals surface area (Å²) in [6, 6.07) is 3.88. The van der Waals surface area contributed by atoms with Crippen LogP contribution in [-0.2, 0) is 0 Å². The molecule has 2 heteroatoms. The molecule has 0 radical (unpaired) electrons. The molecule has 1 saturated carbocycles. The van der Waals surface area contributed by atoms with E-state index in [-0.39, 0.29) is 0 Å². The summed E-state index contributed by atoms with van der Waals surface area (Å²) >= 11 is 0. The van der Waals surface area contributed by atoms with Crippen LogP contribution in [0, 0.1) is 13.8 Å². The Balaban J connectivity index is 2.55. The lowest BCUT2D eigenvalue weighted by molar-refractivity contribution is 0.0696. The summed E-state index contributed by atoms with van der Waals surface area (Å²) < 4.78 is 0. The van der Waals surface area contributed by atoms with Crippen molar-refractivity contribution in [3.05, 3.63) is 34.4 Å². The van der Waals surface area contributed by atoms with Crippen molar-refractivity contribution in [1.82, 2.24) is 0 Å². The van der Waals surface area contributed by atoms with Crippen molar-refractivity contribution in [2.24, 2.45) is 0 Å². The second kappa shape index (κ2) is 3.12. The van der Waals surface area contributed by atoms with Crippen molar-refractivity contribution in [1.29, 1.82) is 0 Å². The molecule has 1 N–H and O–H groups in total. The second-order valence-electron chi connectivity index (χ2n) is 4.11. The van der Waals surface area contributed by atoms with Crippen LogP contribution in [0.2, 0.25) is 0 Å². The highest BCUT2D eigenvalue weighted by atomic mass is 16.4. The highest BCUT2D eigenvalue weighted by Gasteiger charge is 2.27. The van der Waals surface area contributed by atoms with Gasteiger partial charge in [-0.3, -0.25) is 0 Å². The van der Waals surface area contributed by atoms with Crippen LogP contribution in [0.4, 0.5) is 0 Å². The third kappa shape index (κ3) is 1.52. The Morgan fingerprint density at radius 2 is 2.00 bits per heavy atom. The van der Waals surface area contributed by atoms with Gasteiger partial charge in [-0.15, -0.1) is 0 Å². The first kappa shape index (κ1) is 9.25. The molecule has 14 heavy (non-hydrogen) atoms. The maximum Gasteiger partial charge on any atom is 0.335 e. The van der Waals surface area contributed by atoms with Crippen molar-refractivity contribution < 1.29 is 9.90 Å². The fourth-order valence-corrected chi connectivity index (χ4v) is 1.93. The zero-order valence-electron chi connectivity index (χ0n) is 8.50. The predicted octanol–water partition coefficient (Wildman–Crippen LogP) is 2.88. The molecule has 1 aliphatic carbocycles. The van der Waals surface area contributed by atoms with Crippen LogP contribution < -0.4 is 0 Å². The van der Waals surface area contributed by atoms with Gasteiger partial charge in [0.15, 0.2) is 0 Å². The SMILES string of the molecule is Cc1cc(C(=O)O)c(C)c(C2CC2)c1. The minimum atomic E-state index is -0.812. The molecule has 0 aromatic heterocycles. The normalized spacial score (nSPS) is 15.6. The van der Waals surface area contributed by atoms with Gasteiger partial charge >= 0.3 is 5.97 Å². The van der Waals surface area contributed by atoms with Crippen molar-refractivity contribution in [2.45, 2.75) is 32.6 Å². The molecule has 0 bridgehead atoms. The first-order valence-corrected chi connectivity index (χ1v) is 4.94. The molecule has 1 fully saturated rings. The number of carboxylic acid groups (broad SMARTS) is 1. The zero-order valence-corrected chi connectivity index (χ0v) is 8.50. The first-order valence-electron chi connectivity index (χ1n) is 4.94. The summed E-state index contributed by atoms with van der Waals surface area (Å²) in [5.41, 5.74) is 3.70. The summed E-state index contributed by atoms with van der Waals surface area (Å²) in [4.78, 5) is 11.0. The number of aromatic carboxylic acids is 1. The van der Waals surface area contributed by atoms with E-state index in [1.807, 2.05) is 13.8 Å². The lowest BCUT2D eigenvalue weighted by Crippen LogP contribution is -2.03. The van der Waals surface area contributed by atoms with Crippen LogP contribution >= 0.6 is 0 Å². The third-order valence-electron chi connectivity index (χ3n) is 2.84. The molecule has 0 spiro atoms. The first-order chi connectivity index (χ1) is 6.59. The average Bonchev–Trinajstić information content (AvgIpc) is 2.91. The molecule has 2 nitrogen and oxygen atoms in total. The number of hydrogen-bond donors (Lipinski definition) is 1. The molecule has 1 aromatic rings. The summed E-state index contributed by atoms with van der Waals surface area (Å²) in [6.07, 6.45) is 2.42. The van der Waals surface area contributed by atoms with E-state index in [4.69, 9.17) is 5.11 Å². The summed E-state index contributed by atoms with van der Waals surface area (Å²) in [5, 5.41) is 9.02. The molecule has 0 atom stereocenters. The van der Waals surface area contributed by atoms with Gasteiger partial charge in [-0.1, -0.05) is 6.07 Å². The van der Waals surface area contributed by atoms with Gasteiger partial charge in [0, 0.05) is 0 Å². The number of benzene rings is 1. The van der Waals surface area contributed by atoms with Crippen molar-refractivity contribution in [2.75, 3.05) is 0 Å². The standard InChI is InChI=1S/C12H14O2/c1-7-5-10(9-3-4-9)8(2)11(6-7)12(13)14/h5-6,9H,3-4H2,1-2H3,(H,13,14).